The Hall–Kier alpha value is -1.26. The number of rotatable bonds is 9. The van der Waals surface area contributed by atoms with Crippen LogP contribution in [0.3, 0.4) is 0 Å². The summed E-state index contributed by atoms with van der Waals surface area (Å²) in [5.41, 5.74) is 0. The summed E-state index contributed by atoms with van der Waals surface area (Å²) in [4.78, 5) is 24.9. The minimum Gasteiger partial charge on any atom is -0.481 e. The molecule has 1 fully saturated rings. The van der Waals surface area contributed by atoms with Gasteiger partial charge in [0.05, 0.1) is 0 Å². The van der Waals surface area contributed by atoms with E-state index in [0.29, 0.717) is 18.5 Å². The Labute approximate surface area is 121 Å². The predicted octanol–water partition coefficient (Wildman–Crippen LogP) is 2.71. The molecule has 20 heavy (non-hydrogen) atoms. The summed E-state index contributed by atoms with van der Waals surface area (Å²) < 4.78 is 0. The maximum absolute atomic E-state index is 12.2. The first-order valence-corrected chi connectivity index (χ1v) is 7.70. The molecule has 1 aliphatic rings. The summed E-state index contributed by atoms with van der Waals surface area (Å²) in [6.45, 7) is 7.45. The van der Waals surface area contributed by atoms with Crippen molar-refractivity contribution in [3.63, 3.8) is 0 Å². The zero-order valence-electron chi connectivity index (χ0n) is 12.9. The van der Waals surface area contributed by atoms with Crippen molar-refractivity contribution in [3.8, 4) is 0 Å². The topological polar surface area (TPSA) is 69.6 Å². The van der Waals surface area contributed by atoms with Crippen LogP contribution in [0.5, 0.6) is 0 Å². The van der Waals surface area contributed by atoms with E-state index in [2.05, 4.69) is 26.1 Å². The van der Waals surface area contributed by atoms with Gasteiger partial charge < -0.3 is 15.3 Å². The number of carboxylic acid groups (broad SMARTS) is 1. The van der Waals surface area contributed by atoms with E-state index in [9.17, 15) is 9.59 Å². The number of carbonyl (C=O) groups excluding carboxylic acids is 1. The molecule has 0 heterocycles. The van der Waals surface area contributed by atoms with Gasteiger partial charge >= 0.3 is 12.0 Å². The van der Waals surface area contributed by atoms with Crippen LogP contribution in [0.25, 0.3) is 0 Å². The first kappa shape index (κ1) is 16.8. The largest absolute Gasteiger partial charge is 0.481 e. The van der Waals surface area contributed by atoms with Crippen molar-refractivity contribution in [3.05, 3.63) is 0 Å². The van der Waals surface area contributed by atoms with Gasteiger partial charge in [-0.25, -0.2) is 4.79 Å². The van der Waals surface area contributed by atoms with Crippen LogP contribution in [-0.2, 0) is 4.79 Å². The molecule has 0 spiro atoms. The third-order valence-corrected chi connectivity index (χ3v) is 3.52. The third kappa shape index (κ3) is 6.26. The second-order valence-corrected chi connectivity index (χ2v) is 6.20. The fourth-order valence-electron chi connectivity index (χ4n) is 2.56. The van der Waals surface area contributed by atoms with Crippen LogP contribution in [0.2, 0.25) is 0 Å². The number of hydrogen-bond acceptors (Lipinski definition) is 2. The van der Waals surface area contributed by atoms with Gasteiger partial charge in [-0.3, -0.25) is 4.79 Å². The van der Waals surface area contributed by atoms with Gasteiger partial charge in [0.1, 0.15) is 0 Å². The SMILES string of the molecule is CCCN(C(=O)NCC(CC(=O)O)CC(C)C)C1CC1. The normalized spacial score (nSPS) is 16.0. The quantitative estimate of drug-likeness (QED) is 0.684. The highest BCUT2D eigenvalue weighted by atomic mass is 16.4. The predicted molar refractivity (Wildman–Crippen MR) is 78.6 cm³/mol. The lowest BCUT2D eigenvalue weighted by Gasteiger charge is -2.24. The molecule has 1 aliphatic carbocycles. The van der Waals surface area contributed by atoms with Crippen LogP contribution in [-0.4, -0.2) is 41.1 Å². The summed E-state index contributed by atoms with van der Waals surface area (Å²) in [5.74, 6) is -0.344. The zero-order valence-corrected chi connectivity index (χ0v) is 12.9. The zero-order chi connectivity index (χ0) is 15.1. The Morgan fingerprint density at radius 1 is 1.35 bits per heavy atom. The number of amides is 2. The highest BCUT2D eigenvalue weighted by Crippen LogP contribution is 2.27. The molecule has 1 saturated carbocycles. The van der Waals surface area contributed by atoms with Crippen molar-refractivity contribution < 1.29 is 14.7 Å². The second kappa shape index (κ2) is 8.12. The number of nitrogens with zero attached hydrogens (tertiary/aromatic N) is 1. The minimum atomic E-state index is -0.794. The molecule has 0 aromatic heterocycles. The van der Waals surface area contributed by atoms with Crippen molar-refractivity contribution in [1.29, 1.82) is 0 Å². The fourth-order valence-corrected chi connectivity index (χ4v) is 2.56. The molecule has 1 atom stereocenters. The molecule has 2 N–H and O–H groups in total. The molecule has 0 saturated heterocycles. The van der Waals surface area contributed by atoms with Crippen molar-refractivity contribution in [2.24, 2.45) is 11.8 Å². The number of aliphatic carboxylic acids is 1. The van der Waals surface area contributed by atoms with E-state index in [0.717, 1.165) is 32.2 Å². The van der Waals surface area contributed by atoms with Crippen LogP contribution >= 0.6 is 0 Å². The van der Waals surface area contributed by atoms with Crippen LogP contribution in [0, 0.1) is 11.8 Å². The minimum absolute atomic E-state index is 0.0131. The molecule has 5 heteroatoms. The Morgan fingerprint density at radius 2 is 2.00 bits per heavy atom. The molecule has 2 amide bonds. The molecule has 5 nitrogen and oxygen atoms in total. The Morgan fingerprint density at radius 3 is 2.45 bits per heavy atom. The molecule has 1 rings (SSSR count). The third-order valence-electron chi connectivity index (χ3n) is 3.52. The Balaban J connectivity index is 2.43. The summed E-state index contributed by atoms with van der Waals surface area (Å²) >= 11 is 0. The van der Waals surface area contributed by atoms with E-state index >= 15 is 0 Å². The van der Waals surface area contributed by atoms with Gasteiger partial charge in [-0.1, -0.05) is 20.8 Å². The number of carboxylic acids is 1. The summed E-state index contributed by atoms with van der Waals surface area (Å²) in [6.07, 6.45) is 4.09. The Kier molecular flexibility index (Phi) is 6.82. The molecule has 0 radical (unpaired) electrons. The molecule has 0 aromatic rings. The lowest BCUT2D eigenvalue weighted by molar-refractivity contribution is -0.138. The summed E-state index contributed by atoms with van der Waals surface area (Å²) in [6, 6.07) is 0.367. The fraction of sp³-hybridized carbons (Fsp3) is 0.867. The van der Waals surface area contributed by atoms with Gasteiger partial charge in [-0.15, -0.1) is 0 Å². The van der Waals surface area contributed by atoms with E-state index < -0.39 is 5.97 Å². The molecule has 0 aromatic carbocycles. The lowest BCUT2D eigenvalue weighted by atomic mass is 9.94. The van der Waals surface area contributed by atoms with Gasteiger partial charge in [-0.2, -0.15) is 0 Å². The smallest absolute Gasteiger partial charge is 0.317 e. The number of carbonyl (C=O) groups is 2. The van der Waals surface area contributed by atoms with E-state index in [-0.39, 0.29) is 18.4 Å². The van der Waals surface area contributed by atoms with Crippen LogP contribution in [0.15, 0.2) is 0 Å². The maximum Gasteiger partial charge on any atom is 0.317 e. The van der Waals surface area contributed by atoms with Gasteiger partial charge in [-0.05, 0) is 37.5 Å². The van der Waals surface area contributed by atoms with Gasteiger partial charge in [0.2, 0.25) is 0 Å². The molecular weight excluding hydrogens is 256 g/mol. The molecule has 116 valence electrons. The first-order chi connectivity index (χ1) is 9.43. The van der Waals surface area contributed by atoms with E-state index in [1.807, 2.05) is 4.90 Å². The standard InChI is InChI=1S/C15H28N2O3/c1-4-7-17(13-5-6-13)15(20)16-10-12(8-11(2)3)9-14(18)19/h11-13H,4-10H2,1-3H3,(H,16,20)(H,18,19). The number of urea groups is 1. The lowest BCUT2D eigenvalue weighted by Crippen LogP contribution is -2.43. The van der Waals surface area contributed by atoms with Crippen LogP contribution in [0.1, 0.15) is 52.9 Å². The maximum atomic E-state index is 12.2. The van der Waals surface area contributed by atoms with Crippen LogP contribution in [0.4, 0.5) is 4.79 Å². The highest BCUT2D eigenvalue weighted by Gasteiger charge is 2.32. The first-order valence-electron chi connectivity index (χ1n) is 7.70. The van der Waals surface area contributed by atoms with E-state index in [1.54, 1.807) is 0 Å². The highest BCUT2D eigenvalue weighted by molar-refractivity contribution is 5.75. The average Bonchev–Trinajstić information content (AvgIpc) is 3.15. The van der Waals surface area contributed by atoms with E-state index in [4.69, 9.17) is 5.11 Å². The second-order valence-electron chi connectivity index (χ2n) is 6.20. The Bertz CT molecular complexity index is 327. The summed E-state index contributed by atoms with van der Waals surface area (Å²) in [5, 5.41) is 11.9. The van der Waals surface area contributed by atoms with Gasteiger partial charge in [0.15, 0.2) is 0 Å². The number of hydrogen-bond donors (Lipinski definition) is 2. The molecular formula is C15H28N2O3. The van der Waals surface area contributed by atoms with Gasteiger partial charge in [0.25, 0.3) is 0 Å². The summed E-state index contributed by atoms with van der Waals surface area (Å²) in [7, 11) is 0. The van der Waals surface area contributed by atoms with Crippen molar-refractivity contribution in [1.82, 2.24) is 10.2 Å². The van der Waals surface area contributed by atoms with Crippen molar-refractivity contribution >= 4 is 12.0 Å². The number of nitrogens with one attached hydrogen (secondary N) is 1. The average molecular weight is 284 g/mol. The molecule has 0 bridgehead atoms. The van der Waals surface area contributed by atoms with Crippen LogP contribution < -0.4 is 5.32 Å². The van der Waals surface area contributed by atoms with Crippen molar-refractivity contribution in [2.45, 2.75) is 58.9 Å². The molecule has 1 unspecified atom stereocenters. The van der Waals surface area contributed by atoms with E-state index in [1.165, 1.54) is 0 Å². The van der Waals surface area contributed by atoms with Gasteiger partial charge in [0, 0.05) is 25.6 Å². The monoisotopic (exact) mass is 284 g/mol. The van der Waals surface area contributed by atoms with Crippen molar-refractivity contribution in [2.75, 3.05) is 13.1 Å². The molecule has 0 aliphatic heterocycles.